The number of nitrogens with zero attached hydrogens (tertiary/aromatic N) is 5. The second-order valence-corrected chi connectivity index (χ2v) is 6.69. The summed E-state index contributed by atoms with van der Waals surface area (Å²) >= 11 is 0. The van der Waals surface area contributed by atoms with Crippen molar-refractivity contribution in [3.8, 4) is 0 Å². The van der Waals surface area contributed by atoms with E-state index in [1.165, 1.54) is 12.1 Å². The van der Waals surface area contributed by atoms with Crippen molar-refractivity contribution >= 4 is 17.4 Å². The number of hydrogen-bond donors (Lipinski definition) is 1. The molecule has 4 rings (SSSR count). The number of halogens is 3. The molecule has 0 saturated carbocycles. The molecule has 1 aliphatic heterocycles. The number of nitrogens with one attached hydrogen (secondary N) is 1. The minimum Gasteiger partial charge on any atom is -0.351 e. The van der Waals surface area contributed by atoms with E-state index in [1.807, 2.05) is 4.90 Å². The van der Waals surface area contributed by atoms with Crippen molar-refractivity contribution in [2.24, 2.45) is 0 Å². The zero-order chi connectivity index (χ0) is 19.7. The zero-order valence-corrected chi connectivity index (χ0v) is 14.7. The highest BCUT2D eigenvalue weighted by Crippen LogP contribution is 2.29. The molecule has 0 bridgehead atoms. The molecule has 0 radical (unpaired) electrons. The summed E-state index contributed by atoms with van der Waals surface area (Å²) in [5.74, 6) is 0.384. The maximum Gasteiger partial charge on any atom is 0.416 e. The molecule has 1 amide bonds. The number of anilines is 1. The Morgan fingerprint density at radius 2 is 2.18 bits per heavy atom. The summed E-state index contributed by atoms with van der Waals surface area (Å²) < 4.78 is 40.2. The lowest BCUT2D eigenvalue weighted by molar-refractivity contribution is -0.137. The molecule has 1 fully saturated rings. The third-order valence-electron chi connectivity index (χ3n) is 4.67. The predicted octanol–water partition coefficient (Wildman–Crippen LogP) is 2.08. The molecule has 146 valence electrons. The maximum absolute atomic E-state index is 12.8. The van der Waals surface area contributed by atoms with Gasteiger partial charge in [0, 0.05) is 31.5 Å². The molecule has 28 heavy (non-hydrogen) atoms. The van der Waals surface area contributed by atoms with E-state index in [9.17, 15) is 18.0 Å². The number of carbonyl (C=O) groups excluding carboxylic acids is 1. The number of rotatable bonds is 4. The number of carbonyl (C=O) groups is 1. The first-order chi connectivity index (χ1) is 13.4. The van der Waals surface area contributed by atoms with Crippen LogP contribution in [-0.4, -0.2) is 44.6 Å². The first-order valence-electron chi connectivity index (χ1n) is 8.75. The second kappa shape index (κ2) is 7.10. The Morgan fingerprint density at radius 3 is 3.00 bits per heavy atom. The summed E-state index contributed by atoms with van der Waals surface area (Å²) in [5, 5.41) is 10.8. The lowest BCUT2D eigenvalue weighted by atomic mass is 10.1. The Hall–Kier alpha value is -3.17. The molecule has 3 aromatic rings. The number of amides is 1. The quantitative estimate of drug-likeness (QED) is 0.738. The number of alkyl halides is 3. The van der Waals surface area contributed by atoms with Gasteiger partial charge in [-0.2, -0.15) is 13.2 Å². The van der Waals surface area contributed by atoms with Gasteiger partial charge in [-0.25, -0.2) is 4.98 Å². The van der Waals surface area contributed by atoms with Crippen molar-refractivity contribution in [2.75, 3.05) is 18.0 Å². The van der Waals surface area contributed by atoms with Gasteiger partial charge in [-0.05, 0) is 18.1 Å². The highest BCUT2D eigenvalue weighted by molar-refractivity contribution is 5.79. The van der Waals surface area contributed by atoms with E-state index in [4.69, 9.17) is 0 Å². The van der Waals surface area contributed by atoms with E-state index in [-0.39, 0.29) is 18.4 Å². The van der Waals surface area contributed by atoms with Crippen molar-refractivity contribution < 1.29 is 18.0 Å². The third kappa shape index (κ3) is 3.75. The summed E-state index contributed by atoms with van der Waals surface area (Å²) in [7, 11) is 0. The van der Waals surface area contributed by atoms with Crippen LogP contribution >= 0.6 is 0 Å². The van der Waals surface area contributed by atoms with E-state index in [2.05, 4.69) is 20.5 Å². The summed E-state index contributed by atoms with van der Waals surface area (Å²) in [6, 6.07) is 4.73. The van der Waals surface area contributed by atoms with Gasteiger partial charge in [0.05, 0.1) is 12.0 Å². The van der Waals surface area contributed by atoms with E-state index < -0.39 is 11.7 Å². The van der Waals surface area contributed by atoms with Crippen molar-refractivity contribution in [2.45, 2.75) is 25.1 Å². The molecule has 2 aromatic heterocycles. The van der Waals surface area contributed by atoms with Crippen LogP contribution in [0.2, 0.25) is 0 Å². The van der Waals surface area contributed by atoms with E-state index in [0.29, 0.717) is 36.5 Å². The molecular weight excluding hydrogens is 373 g/mol. The fourth-order valence-electron chi connectivity index (χ4n) is 3.36. The SMILES string of the molecule is O=C(Cc1cccc(C(F)(F)F)c1)N[C@H]1CCN(c2nccn3cnnc23)C1. The molecule has 1 aromatic carbocycles. The van der Waals surface area contributed by atoms with Crippen molar-refractivity contribution in [1.29, 1.82) is 0 Å². The molecule has 3 heterocycles. The van der Waals surface area contributed by atoms with Gasteiger partial charge in [-0.15, -0.1) is 10.2 Å². The Morgan fingerprint density at radius 1 is 1.32 bits per heavy atom. The third-order valence-corrected chi connectivity index (χ3v) is 4.67. The molecule has 7 nitrogen and oxygen atoms in total. The summed E-state index contributed by atoms with van der Waals surface area (Å²) in [6.07, 6.45) is 1.19. The van der Waals surface area contributed by atoms with Crippen LogP contribution in [-0.2, 0) is 17.4 Å². The first kappa shape index (κ1) is 18.2. The zero-order valence-electron chi connectivity index (χ0n) is 14.7. The van der Waals surface area contributed by atoms with Gasteiger partial charge in [0.15, 0.2) is 5.82 Å². The number of benzene rings is 1. The fraction of sp³-hybridized carbons (Fsp3) is 0.333. The molecule has 0 aliphatic carbocycles. The maximum atomic E-state index is 12.8. The molecule has 1 aliphatic rings. The molecular formula is C18H17F3N6O. The fourth-order valence-corrected chi connectivity index (χ4v) is 3.36. The Kier molecular flexibility index (Phi) is 4.62. The van der Waals surface area contributed by atoms with Crippen LogP contribution in [0.1, 0.15) is 17.5 Å². The number of hydrogen-bond acceptors (Lipinski definition) is 5. The van der Waals surface area contributed by atoms with E-state index in [1.54, 1.807) is 23.1 Å². The van der Waals surface area contributed by atoms with Crippen LogP contribution in [0.15, 0.2) is 43.0 Å². The largest absolute Gasteiger partial charge is 0.416 e. The molecule has 1 saturated heterocycles. The van der Waals surface area contributed by atoms with Gasteiger partial charge in [0.25, 0.3) is 0 Å². The average Bonchev–Trinajstić information content (AvgIpc) is 3.30. The topological polar surface area (TPSA) is 75.4 Å². The van der Waals surface area contributed by atoms with Gasteiger partial charge in [-0.1, -0.05) is 18.2 Å². The van der Waals surface area contributed by atoms with Gasteiger partial charge >= 0.3 is 6.18 Å². The number of fused-ring (bicyclic) bond motifs is 1. The minimum atomic E-state index is -4.42. The van der Waals surface area contributed by atoms with Crippen LogP contribution in [0.4, 0.5) is 19.0 Å². The Bertz CT molecular complexity index is 1000. The molecule has 10 heteroatoms. The van der Waals surface area contributed by atoms with Crippen molar-refractivity contribution in [3.05, 3.63) is 54.1 Å². The molecule has 1 atom stereocenters. The standard InChI is InChI=1S/C18H17F3N6O/c19-18(20,21)13-3-1-2-12(8-13)9-15(28)24-14-4-6-26(10-14)16-17-25-23-11-27(17)7-5-22-16/h1-3,5,7-8,11,14H,4,6,9-10H2,(H,24,28)/t14-/m0/s1. The average molecular weight is 390 g/mol. The van der Waals surface area contributed by atoms with Crippen LogP contribution in [0.5, 0.6) is 0 Å². The van der Waals surface area contributed by atoms with Crippen LogP contribution < -0.4 is 10.2 Å². The van der Waals surface area contributed by atoms with Gasteiger partial charge in [0.1, 0.15) is 6.33 Å². The summed E-state index contributed by atoms with van der Waals surface area (Å²) in [5.41, 5.74) is 0.216. The molecule has 1 N–H and O–H groups in total. The Balaban J connectivity index is 1.38. The second-order valence-electron chi connectivity index (χ2n) is 6.69. The highest BCUT2D eigenvalue weighted by atomic mass is 19.4. The van der Waals surface area contributed by atoms with E-state index >= 15 is 0 Å². The predicted molar refractivity (Wildman–Crippen MR) is 94.7 cm³/mol. The van der Waals surface area contributed by atoms with Crippen molar-refractivity contribution in [3.63, 3.8) is 0 Å². The monoisotopic (exact) mass is 390 g/mol. The number of aromatic nitrogens is 4. The first-order valence-corrected chi connectivity index (χ1v) is 8.75. The van der Waals surface area contributed by atoms with Gasteiger partial charge < -0.3 is 10.2 Å². The molecule has 0 spiro atoms. The van der Waals surface area contributed by atoms with Crippen molar-refractivity contribution in [1.82, 2.24) is 24.9 Å². The summed E-state index contributed by atoms with van der Waals surface area (Å²) in [4.78, 5) is 18.7. The normalized spacial score (nSPS) is 17.2. The highest BCUT2D eigenvalue weighted by Gasteiger charge is 2.31. The summed E-state index contributed by atoms with van der Waals surface area (Å²) in [6.45, 7) is 1.24. The lowest BCUT2D eigenvalue weighted by Crippen LogP contribution is -2.38. The molecule has 0 unspecified atom stereocenters. The smallest absolute Gasteiger partial charge is 0.351 e. The van der Waals surface area contributed by atoms with Crippen LogP contribution in [0.3, 0.4) is 0 Å². The Labute approximate surface area is 158 Å². The van der Waals surface area contributed by atoms with Crippen LogP contribution in [0.25, 0.3) is 5.65 Å². The van der Waals surface area contributed by atoms with Gasteiger partial charge in [-0.3, -0.25) is 9.20 Å². The minimum absolute atomic E-state index is 0.0988. The van der Waals surface area contributed by atoms with E-state index in [0.717, 1.165) is 12.1 Å². The van der Waals surface area contributed by atoms with Crippen LogP contribution in [0, 0.1) is 0 Å². The van der Waals surface area contributed by atoms with Gasteiger partial charge in [0.2, 0.25) is 11.6 Å². The lowest BCUT2D eigenvalue weighted by Gasteiger charge is -2.18.